The van der Waals surface area contributed by atoms with E-state index >= 15 is 0 Å². The van der Waals surface area contributed by atoms with Crippen LogP contribution in [0.5, 0.6) is 0 Å². The maximum Gasteiger partial charge on any atom is 0.262 e. The lowest BCUT2D eigenvalue weighted by atomic mass is 9.95. The van der Waals surface area contributed by atoms with Crippen molar-refractivity contribution in [2.24, 2.45) is 5.73 Å². The van der Waals surface area contributed by atoms with Gasteiger partial charge in [-0.05, 0) is 50.3 Å². The molecule has 0 fully saturated rings. The number of hydrogen-bond acceptors (Lipinski definition) is 5. The Morgan fingerprint density at radius 1 is 1.28 bits per heavy atom. The summed E-state index contributed by atoms with van der Waals surface area (Å²) in [6.45, 7) is 1.55. The van der Waals surface area contributed by atoms with E-state index in [1.165, 1.54) is 29.5 Å². The minimum atomic E-state index is -0.621. The quantitative estimate of drug-likeness (QED) is 0.621. The summed E-state index contributed by atoms with van der Waals surface area (Å²) in [5, 5.41) is 7.10. The molecule has 4 rings (SSSR count). The summed E-state index contributed by atoms with van der Waals surface area (Å²) in [6.07, 6.45) is 3.60. The van der Waals surface area contributed by atoms with Crippen molar-refractivity contribution < 1.29 is 18.5 Å². The van der Waals surface area contributed by atoms with E-state index in [1.807, 2.05) is 0 Å². The fourth-order valence-corrected chi connectivity index (χ4v) is 5.16. The zero-order chi connectivity index (χ0) is 20.7. The number of hydrogen-bond donors (Lipinski definition) is 2. The molecule has 1 aliphatic carbocycles. The van der Waals surface area contributed by atoms with Gasteiger partial charge < -0.3 is 15.6 Å². The molecule has 3 N–H and O–H groups in total. The van der Waals surface area contributed by atoms with E-state index in [-0.39, 0.29) is 27.6 Å². The molecular weight excluding hydrogens is 417 g/mol. The van der Waals surface area contributed by atoms with Gasteiger partial charge >= 0.3 is 0 Å². The van der Waals surface area contributed by atoms with Gasteiger partial charge in [0, 0.05) is 4.88 Å². The van der Waals surface area contributed by atoms with Gasteiger partial charge in [0.05, 0.1) is 16.1 Å². The first-order valence-electron chi connectivity index (χ1n) is 9.04. The van der Waals surface area contributed by atoms with Gasteiger partial charge in [-0.3, -0.25) is 9.59 Å². The van der Waals surface area contributed by atoms with Gasteiger partial charge in [-0.25, -0.2) is 4.39 Å². The predicted molar refractivity (Wildman–Crippen MR) is 109 cm³/mol. The van der Waals surface area contributed by atoms with Crippen molar-refractivity contribution in [2.45, 2.75) is 32.6 Å². The monoisotopic (exact) mass is 433 g/mol. The van der Waals surface area contributed by atoms with E-state index in [0.29, 0.717) is 10.6 Å². The van der Waals surface area contributed by atoms with E-state index < -0.39 is 17.6 Å². The highest BCUT2D eigenvalue weighted by Gasteiger charge is 2.29. The molecule has 1 aliphatic rings. The maximum atomic E-state index is 14.4. The average molecular weight is 434 g/mol. The van der Waals surface area contributed by atoms with Crippen LogP contribution in [0, 0.1) is 12.7 Å². The Morgan fingerprint density at radius 2 is 2.03 bits per heavy atom. The Bertz CT molecular complexity index is 1120. The van der Waals surface area contributed by atoms with Crippen molar-refractivity contribution in [1.29, 1.82) is 0 Å². The molecule has 0 radical (unpaired) electrons. The number of carbonyl (C=O) groups excluding carboxylic acids is 2. The number of benzene rings is 1. The fourth-order valence-electron chi connectivity index (χ4n) is 3.61. The third kappa shape index (κ3) is 3.42. The molecule has 150 valence electrons. The zero-order valence-electron chi connectivity index (χ0n) is 15.5. The molecular formula is C20H17ClFN3O3S. The number of anilines is 1. The minimum absolute atomic E-state index is 0.00467. The molecule has 2 aromatic heterocycles. The molecule has 0 aliphatic heterocycles. The first kappa shape index (κ1) is 19.6. The summed E-state index contributed by atoms with van der Waals surface area (Å²) in [4.78, 5) is 26.2. The van der Waals surface area contributed by atoms with Crippen LogP contribution in [0.3, 0.4) is 0 Å². The van der Waals surface area contributed by atoms with E-state index in [2.05, 4.69) is 10.5 Å². The molecule has 0 atom stereocenters. The van der Waals surface area contributed by atoms with E-state index in [4.69, 9.17) is 21.9 Å². The Morgan fingerprint density at radius 3 is 2.76 bits per heavy atom. The summed E-state index contributed by atoms with van der Waals surface area (Å²) in [6, 6.07) is 4.19. The fraction of sp³-hybridized carbons (Fsp3) is 0.250. The van der Waals surface area contributed by atoms with Crippen molar-refractivity contribution >= 4 is 39.8 Å². The normalized spacial score (nSPS) is 13.2. The Hall–Kier alpha value is -2.71. The molecule has 0 bridgehead atoms. The van der Waals surface area contributed by atoms with Crippen LogP contribution in [-0.4, -0.2) is 17.0 Å². The second-order valence-corrected chi connectivity index (χ2v) is 8.30. The second kappa shape index (κ2) is 7.61. The summed E-state index contributed by atoms with van der Waals surface area (Å²) < 4.78 is 19.5. The van der Waals surface area contributed by atoms with Crippen LogP contribution < -0.4 is 11.1 Å². The lowest BCUT2D eigenvalue weighted by Gasteiger charge is -2.11. The smallest absolute Gasteiger partial charge is 0.262 e. The number of nitrogens with one attached hydrogen (secondary N) is 1. The number of fused-ring (bicyclic) bond motifs is 1. The Kier molecular flexibility index (Phi) is 5.14. The summed E-state index contributed by atoms with van der Waals surface area (Å²) in [5.74, 6) is -1.57. The largest absolute Gasteiger partial charge is 0.365 e. The first-order chi connectivity index (χ1) is 13.9. The number of halogens is 2. The highest BCUT2D eigenvalue weighted by molar-refractivity contribution is 7.17. The molecule has 0 saturated carbocycles. The van der Waals surface area contributed by atoms with Gasteiger partial charge in [-0.1, -0.05) is 22.8 Å². The second-order valence-electron chi connectivity index (χ2n) is 6.79. The van der Waals surface area contributed by atoms with Gasteiger partial charge in [-0.15, -0.1) is 11.3 Å². The van der Waals surface area contributed by atoms with Crippen molar-refractivity contribution in [3.63, 3.8) is 0 Å². The topological polar surface area (TPSA) is 98.2 Å². The van der Waals surface area contributed by atoms with Gasteiger partial charge in [0.25, 0.3) is 11.8 Å². The number of nitrogens with zero attached hydrogens (tertiary/aromatic N) is 1. The van der Waals surface area contributed by atoms with Crippen molar-refractivity contribution in [2.75, 3.05) is 5.32 Å². The van der Waals surface area contributed by atoms with Gasteiger partial charge in [0.1, 0.15) is 27.8 Å². The molecule has 3 aromatic rings. The number of primary amides is 1. The number of amides is 2. The number of carbonyl (C=O) groups is 2. The van der Waals surface area contributed by atoms with Crippen LogP contribution in [0.1, 0.15) is 49.8 Å². The Balaban J connectivity index is 1.76. The maximum absolute atomic E-state index is 14.4. The van der Waals surface area contributed by atoms with Crippen LogP contribution in [0.4, 0.5) is 9.39 Å². The van der Waals surface area contributed by atoms with Gasteiger partial charge in [-0.2, -0.15) is 0 Å². The molecule has 9 heteroatoms. The molecule has 2 heterocycles. The van der Waals surface area contributed by atoms with Crippen LogP contribution in [0.2, 0.25) is 5.02 Å². The van der Waals surface area contributed by atoms with Crippen molar-refractivity contribution in [3.05, 3.63) is 56.4 Å². The highest BCUT2D eigenvalue weighted by atomic mass is 35.5. The SMILES string of the molecule is Cc1onc(-c2c(F)cccc2Cl)c1C(=O)Nc1sc2c(c1C(N)=O)CCCC2. The number of aryl methyl sites for hydroxylation is 2. The molecule has 2 amide bonds. The van der Waals surface area contributed by atoms with E-state index in [1.54, 1.807) is 6.92 Å². The van der Waals surface area contributed by atoms with Crippen molar-refractivity contribution in [1.82, 2.24) is 5.16 Å². The zero-order valence-corrected chi connectivity index (χ0v) is 17.0. The van der Waals surface area contributed by atoms with Gasteiger partial charge in [0.2, 0.25) is 0 Å². The van der Waals surface area contributed by atoms with Crippen molar-refractivity contribution in [3.8, 4) is 11.3 Å². The molecule has 29 heavy (non-hydrogen) atoms. The third-order valence-corrected chi connectivity index (χ3v) is 6.46. The van der Waals surface area contributed by atoms with Crippen LogP contribution in [0.15, 0.2) is 22.7 Å². The predicted octanol–water partition coefficient (Wildman–Crippen LogP) is 4.73. The molecule has 0 saturated heterocycles. The van der Waals surface area contributed by atoms with E-state index in [9.17, 15) is 14.0 Å². The van der Waals surface area contributed by atoms with Crippen LogP contribution in [0.25, 0.3) is 11.3 Å². The molecule has 6 nitrogen and oxygen atoms in total. The summed E-state index contributed by atoms with van der Waals surface area (Å²) >= 11 is 7.48. The number of nitrogens with two attached hydrogens (primary N) is 1. The first-order valence-corrected chi connectivity index (χ1v) is 10.2. The molecule has 0 unspecified atom stereocenters. The average Bonchev–Trinajstić information content (AvgIpc) is 3.21. The van der Waals surface area contributed by atoms with Crippen LogP contribution >= 0.6 is 22.9 Å². The third-order valence-electron chi connectivity index (χ3n) is 4.93. The number of aromatic nitrogens is 1. The number of rotatable bonds is 4. The minimum Gasteiger partial charge on any atom is -0.365 e. The van der Waals surface area contributed by atoms with Gasteiger partial charge in [0.15, 0.2) is 0 Å². The van der Waals surface area contributed by atoms with Crippen LogP contribution in [-0.2, 0) is 12.8 Å². The lowest BCUT2D eigenvalue weighted by molar-refractivity contribution is 0.100. The summed E-state index contributed by atoms with van der Waals surface area (Å²) in [5.41, 5.74) is 6.88. The number of thiophene rings is 1. The van der Waals surface area contributed by atoms with E-state index in [0.717, 1.165) is 36.1 Å². The molecule has 0 spiro atoms. The lowest BCUT2D eigenvalue weighted by Crippen LogP contribution is -2.19. The standard InChI is InChI=1S/C20H17ClFN3O3S/c1-9-14(17(25-28-9)16-11(21)6-4-7-12(16)22)19(27)24-20-15(18(23)26)10-5-2-3-8-13(10)29-20/h4,6-7H,2-3,5,8H2,1H3,(H2,23,26)(H,24,27). The Labute approximate surface area is 174 Å². The summed E-state index contributed by atoms with van der Waals surface area (Å²) in [7, 11) is 0. The molecule has 1 aromatic carbocycles. The highest BCUT2D eigenvalue weighted by Crippen LogP contribution is 2.39.